The van der Waals surface area contributed by atoms with Gasteiger partial charge in [-0.25, -0.2) is 9.37 Å². The molecule has 3 nitrogen and oxygen atoms in total. The second kappa shape index (κ2) is 4.26. The van der Waals surface area contributed by atoms with Crippen LogP contribution in [0.15, 0.2) is 30.7 Å². The first kappa shape index (κ1) is 11.0. The molecule has 0 spiro atoms. The van der Waals surface area contributed by atoms with Crippen molar-refractivity contribution >= 4 is 0 Å². The third-order valence-corrected chi connectivity index (χ3v) is 3.50. The highest BCUT2D eigenvalue weighted by atomic mass is 19.1. The SMILES string of the molecule is N#Cc1ccc(C2CCCn3cncc32)c(F)c1. The first-order valence-electron chi connectivity index (χ1n) is 5.99. The van der Waals surface area contributed by atoms with Crippen molar-refractivity contribution in [3.8, 4) is 6.07 Å². The van der Waals surface area contributed by atoms with E-state index >= 15 is 0 Å². The zero-order valence-electron chi connectivity index (χ0n) is 9.81. The Kier molecular flexibility index (Phi) is 2.60. The fraction of sp³-hybridized carbons (Fsp3) is 0.286. The summed E-state index contributed by atoms with van der Waals surface area (Å²) in [5, 5.41) is 8.76. The number of fused-ring (bicyclic) bond motifs is 1. The smallest absolute Gasteiger partial charge is 0.128 e. The lowest BCUT2D eigenvalue weighted by atomic mass is 9.88. The van der Waals surface area contributed by atoms with Gasteiger partial charge in [0.2, 0.25) is 0 Å². The van der Waals surface area contributed by atoms with E-state index in [9.17, 15) is 4.39 Å². The van der Waals surface area contributed by atoms with Crippen molar-refractivity contribution in [3.05, 3.63) is 53.4 Å². The van der Waals surface area contributed by atoms with Crippen molar-refractivity contribution in [2.24, 2.45) is 0 Å². The van der Waals surface area contributed by atoms with Gasteiger partial charge in [-0.2, -0.15) is 5.26 Å². The van der Waals surface area contributed by atoms with Gasteiger partial charge in [-0.15, -0.1) is 0 Å². The second-order valence-corrected chi connectivity index (χ2v) is 4.55. The van der Waals surface area contributed by atoms with Crippen LogP contribution in [0.2, 0.25) is 0 Å². The first-order valence-corrected chi connectivity index (χ1v) is 5.99. The summed E-state index contributed by atoms with van der Waals surface area (Å²) < 4.78 is 16.1. The van der Waals surface area contributed by atoms with Gasteiger partial charge in [-0.3, -0.25) is 0 Å². The molecule has 0 aliphatic carbocycles. The highest BCUT2D eigenvalue weighted by Crippen LogP contribution is 2.34. The van der Waals surface area contributed by atoms with E-state index in [1.807, 2.05) is 12.3 Å². The molecule has 3 rings (SSSR count). The molecule has 0 amide bonds. The van der Waals surface area contributed by atoms with Crippen molar-refractivity contribution in [2.75, 3.05) is 0 Å². The summed E-state index contributed by atoms with van der Waals surface area (Å²) in [6.45, 7) is 0.948. The lowest BCUT2D eigenvalue weighted by molar-refractivity contribution is 0.476. The zero-order valence-corrected chi connectivity index (χ0v) is 9.81. The van der Waals surface area contributed by atoms with E-state index in [1.54, 1.807) is 18.5 Å². The number of rotatable bonds is 1. The van der Waals surface area contributed by atoms with Gasteiger partial charge >= 0.3 is 0 Å². The largest absolute Gasteiger partial charge is 0.334 e. The van der Waals surface area contributed by atoms with Crippen LogP contribution in [0.3, 0.4) is 0 Å². The Morgan fingerprint density at radius 2 is 2.33 bits per heavy atom. The summed E-state index contributed by atoms with van der Waals surface area (Å²) in [5.41, 5.74) is 2.08. The lowest BCUT2D eigenvalue weighted by Gasteiger charge is -2.24. The van der Waals surface area contributed by atoms with Crippen LogP contribution in [0.1, 0.15) is 35.6 Å². The Hall–Kier alpha value is -2.15. The summed E-state index contributed by atoms with van der Waals surface area (Å²) in [7, 11) is 0. The number of hydrogen-bond donors (Lipinski definition) is 0. The quantitative estimate of drug-likeness (QED) is 0.770. The van der Waals surface area contributed by atoms with Crippen LogP contribution in [0, 0.1) is 17.1 Å². The predicted molar refractivity (Wildman–Crippen MR) is 64.4 cm³/mol. The van der Waals surface area contributed by atoms with Crippen LogP contribution in [-0.4, -0.2) is 9.55 Å². The maximum Gasteiger partial charge on any atom is 0.128 e. The Balaban J connectivity index is 2.05. The third kappa shape index (κ3) is 1.68. The molecule has 0 N–H and O–H groups in total. The molecule has 4 heteroatoms. The molecule has 90 valence electrons. The van der Waals surface area contributed by atoms with E-state index in [-0.39, 0.29) is 11.7 Å². The summed E-state index contributed by atoms with van der Waals surface area (Å²) in [4.78, 5) is 4.13. The summed E-state index contributed by atoms with van der Waals surface area (Å²) >= 11 is 0. The number of aromatic nitrogens is 2. The average molecular weight is 241 g/mol. The molecule has 1 atom stereocenters. The average Bonchev–Trinajstić information content (AvgIpc) is 2.87. The topological polar surface area (TPSA) is 41.6 Å². The first-order chi connectivity index (χ1) is 8.79. The molecule has 0 saturated carbocycles. The second-order valence-electron chi connectivity index (χ2n) is 4.55. The zero-order chi connectivity index (χ0) is 12.5. The lowest BCUT2D eigenvalue weighted by Crippen LogP contribution is -2.16. The Labute approximate surface area is 105 Å². The Morgan fingerprint density at radius 3 is 3.11 bits per heavy atom. The molecular weight excluding hydrogens is 229 g/mol. The maximum atomic E-state index is 14.0. The molecule has 2 heterocycles. The number of halogens is 1. The van der Waals surface area contributed by atoms with Crippen molar-refractivity contribution < 1.29 is 4.39 Å². The molecule has 0 fully saturated rings. The minimum Gasteiger partial charge on any atom is -0.334 e. The highest BCUT2D eigenvalue weighted by Gasteiger charge is 2.24. The van der Waals surface area contributed by atoms with E-state index < -0.39 is 0 Å². The molecule has 2 aromatic rings. The van der Waals surface area contributed by atoms with Gasteiger partial charge in [0.05, 0.1) is 18.0 Å². The van der Waals surface area contributed by atoms with Crippen molar-refractivity contribution in [1.82, 2.24) is 9.55 Å². The standard InChI is InChI=1S/C14H12FN3/c15-13-6-10(7-16)3-4-11(13)12-2-1-5-18-9-17-8-14(12)18/h3-4,6,8-9,12H,1-2,5H2. The number of nitriles is 1. The van der Waals surface area contributed by atoms with Crippen LogP contribution in [0.5, 0.6) is 0 Å². The summed E-state index contributed by atoms with van der Waals surface area (Å²) in [5.74, 6) is -0.248. The van der Waals surface area contributed by atoms with Crippen LogP contribution < -0.4 is 0 Å². The minimum atomic E-state index is -0.297. The van der Waals surface area contributed by atoms with Crippen molar-refractivity contribution in [3.63, 3.8) is 0 Å². The van der Waals surface area contributed by atoms with Gasteiger partial charge in [0, 0.05) is 24.4 Å². The van der Waals surface area contributed by atoms with Gasteiger partial charge in [0.25, 0.3) is 0 Å². The number of imidazole rings is 1. The Morgan fingerprint density at radius 1 is 1.44 bits per heavy atom. The van der Waals surface area contributed by atoms with Gasteiger partial charge in [-0.1, -0.05) is 6.07 Å². The molecule has 1 aliphatic heterocycles. The van der Waals surface area contributed by atoms with E-state index in [1.165, 1.54) is 6.07 Å². The van der Waals surface area contributed by atoms with Gasteiger partial charge in [0.15, 0.2) is 0 Å². The monoisotopic (exact) mass is 241 g/mol. The molecular formula is C14H12FN3. The molecule has 1 aromatic carbocycles. The number of aryl methyl sites for hydroxylation is 1. The molecule has 18 heavy (non-hydrogen) atoms. The van der Waals surface area contributed by atoms with Crippen molar-refractivity contribution in [2.45, 2.75) is 25.3 Å². The number of hydrogen-bond acceptors (Lipinski definition) is 2. The predicted octanol–water partition coefficient (Wildman–Crippen LogP) is 2.82. The molecule has 0 bridgehead atoms. The minimum absolute atomic E-state index is 0.0500. The van der Waals surface area contributed by atoms with Gasteiger partial charge < -0.3 is 4.57 Å². The van der Waals surface area contributed by atoms with Crippen molar-refractivity contribution in [1.29, 1.82) is 5.26 Å². The molecule has 1 aliphatic rings. The third-order valence-electron chi connectivity index (χ3n) is 3.50. The molecule has 1 unspecified atom stereocenters. The number of nitrogens with zero attached hydrogens (tertiary/aromatic N) is 3. The van der Waals surface area contributed by atoms with E-state index in [0.29, 0.717) is 11.1 Å². The number of benzene rings is 1. The molecule has 0 saturated heterocycles. The van der Waals surface area contributed by atoms with Crippen LogP contribution in [0.4, 0.5) is 4.39 Å². The Bertz CT molecular complexity index is 624. The van der Waals surface area contributed by atoms with E-state index in [2.05, 4.69) is 9.55 Å². The molecule has 0 radical (unpaired) electrons. The van der Waals surface area contributed by atoms with Gasteiger partial charge in [-0.05, 0) is 30.5 Å². The fourth-order valence-electron chi connectivity index (χ4n) is 2.62. The van der Waals surface area contributed by atoms with Gasteiger partial charge in [0.1, 0.15) is 5.82 Å². The van der Waals surface area contributed by atoms with E-state index in [0.717, 1.165) is 25.1 Å². The fourth-order valence-corrected chi connectivity index (χ4v) is 2.62. The van der Waals surface area contributed by atoms with Crippen LogP contribution in [0.25, 0.3) is 0 Å². The summed E-state index contributed by atoms with van der Waals surface area (Å²) in [6.07, 6.45) is 5.55. The maximum absolute atomic E-state index is 14.0. The van der Waals surface area contributed by atoms with E-state index in [4.69, 9.17) is 5.26 Å². The molecule has 1 aromatic heterocycles. The normalized spacial score (nSPS) is 18.1. The summed E-state index contributed by atoms with van der Waals surface area (Å²) in [6, 6.07) is 6.66. The van der Waals surface area contributed by atoms with Crippen LogP contribution in [-0.2, 0) is 6.54 Å². The highest BCUT2D eigenvalue weighted by molar-refractivity contribution is 5.37. The van der Waals surface area contributed by atoms with Crippen LogP contribution >= 0.6 is 0 Å².